The highest BCUT2D eigenvalue weighted by Crippen LogP contribution is 2.40. The van der Waals surface area contributed by atoms with E-state index < -0.39 is 0 Å². The minimum absolute atomic E-state index is 0.638. The van der Waals surface area contributed by atoms with Crippen LogP contribution >= 0.6 is 0 Å². The van der Waals surface area contributed by atoms with Gasteiger partial charge in [0.25, 0.3) is 0 Å². The lowest BCUT2D eigenvalue weighted by Gasteiger charge is -2.13. The number of pyridine rings is 1. The average molecular weight is 741 g/mol. The van der Waals surface area contributed by atoms with Crippen LogP contribution in [-0.2, 0) is 0 Å². The van der Waals surface area contributed by atoms with Gasteiger partial charge in [0.05, 0.1) is 27.6 Å². The number of aromatic nitrogens is 6. The van der Waals surface area contributed by atoms with Gasteiger partial charge in [-0.25, -0.2) is 19.9 Å². The second-order valence-corrected chi connectivity index (χ2v) is 14.7. The summed E-state index contributed by atoms with van der Waals surface area (Å²) in [5, 5.41) is 5.93. The van der Waals surface area contributed by atoms with Gasteiger partial charge in [-0.1, -0.05) is 146 Å². The van der Waals surface area contributed by atoms with Gasteiger partial charge in [0.1, 0.15) is 5.65 Å². The molecule has 0 bridgehead atoms. The molecule has 0 aliphatic rings. The van der Waals surface area contributed by atoms with Crippen LogP contribution in [0.1, 0.15) is 0 Å². The molecule has 0 saturated heterocycles. The van der Waals surface area contributed by atoms with E-state index in [0.717, 1.165) is 72.1 Å². The van der Waals surface area contributed by atoms with E-state index in [2.05, 4.69) is 142 Å². The second kappa shape index (κ2) is 12.8. The normalized spacial score (nSPS) is 11.8. The minimum atomic E-state index is 0.638. The van der Waals surface area contributed by atoms with Gasteiger partial charge >= 0.3 is 0 Å². The van der Waals surface area contributed by atoms with Gasteiger partial charge in [-0.3, -0.25) is 4.40 Å². The number of hydrogen-bond donors (Lipinski definition) is 0. The maximum absolute atomic E-state index is 5.20. The Hall–Kier alpha value is -7.96. The van der Waals surface area contributed by atoms with E-state index in [1.54, 1.807) is 0 Å². The van der Waals surface area contributed by atoms with Crippen molar-refractivity contribution < 1.29 is 0 Å². The smallest absolute Gasteiger partial charge is 0.164 e. The van der Waals surface area contributed by atoms with Crippen molar-refractivity contribution in [3.8, 4) is 51.0 Å². The molecule has 0 atom stereocenters. The number of imidazole rings is 1. The molecule has 0 fully saturated rings. The maximum atomic E-state index is 5.20. The summed E-state index contributed by atoms with van der Waals surface area (Å²) >= 11 is 0. The Balaban J connectivity index is 0.998. The summed E-state index contributed by atoms with van der Waals surface area (Å²) in [6.45, 7) is 0. The van der Waals surface area contributed by atoms with Crippen LogP contribution in [0, 0.1) is 0 Å². The van der Waals surface area contributed by atoms with Crippen LogP contribution < -0.4 is 0 Å². The van der Waals surface area contributed by atoms with E-state index in [1.807, 2.05) is 60.7 Å². The van der Waals surface area contributed by atoms with Crippen molar-refractivity contribution in [1.29, 1.82) is 0 Å². The molecule has 8 aromatic carbocycles. The molecule has 0 radical (unpaired) electrons. The topological polar surface area (TPSA) is 60.9 Å². The molecule has 4 aromatic heterocycles. The summed E-state index contributed by atoms with van der Waals surface area (Å²) in [6, 6.07) is 68.1. The zero-order valence-corrected chi connectivity index (χ0v) is 31.2. The molecule has 6 heteroatoms. The van der Waals surface area contributed by atoms with Gasteiger partial charge in [-0.05, 0) is 65.0 Å². The summed E-state index contributed by atoms with van der Waals surface area (Å²) in [7, 11) is 0. The minimum Gasteiger partial charge on any atom is -0.309 e. The van der Waals surface area contributed by atoms with E-state index in [-0.39, 0.29) is 0 Å². The summed E-state index contributed by atoms with van der Waals surface area (Å²) in [6.07, 6.45) is 0. The lowest BCUT2D eigenvalue weighted by Crippen LogP contribution is -2.00. The van der Waals surface area contributed by atoms with Crippen LogP contribution in [-0.4, -0.2) is 28.9 Å². The predicted octanol–water partition coefficient (Wildman–Crippen LogP) is 12.7. The molecule has 12 aromatic rings. The second-order valence-electron chi connectivity index (χ2n) is 14.7. The molecule has 0 N–H and O–H groups in total. The van der Waals surface area contributed by atoms with Gasteiger partial charge < -0.3 is 4.57 Å². The van der Waals surface area contributed by atoms with Crippen molar-refractivity contribution in [1.82, 2.24) is 28.9 Å². The summed E-state index contributed by atoms with van der Waals surface area (Å²) in [5.74, 6) is 1.94. The van der Waals surface area contributed by atoms with Crippen molar-refractivity contribution in [2.45, 2.75) is 0 Å². The van der Waals surface area contributed by atoms with Crippen LogP contribution in [0.15, 0.2) is 194 Å². The fourth-order valence-electron chi connectivity index (χ4n) is 8.62. The molecule has 6 nitrogen and oxygen atoms in total. The van der Waals surface area contributed by atoms with Crippen LogP contribution in [0.5, 0.6) is 0 Å². The Kier molecular flexibility index (Phi) is 7.13. The monoisotopic (exact) mass is 740 g/mol. The molecule has 4 heterocycles. The third-order valence-electron chi connectivity index (χ3n) is 11.3. The fraction of sp³-hybridized carbons (Fsp3) is 0. The largest absolute Gasteiger partial charge is 0.309 e. The van der Waals surface area contributed by atoms with Crippen molar-refractivity contribution in [3.05, 3.63) is 194 Å². The molecule has 0 saturated carbocycles. The SMILES string of the molecule is c1ccc(-c2nc(-c3ccccc3)nc(-c3ccc(-c4cccc(-n5c6ccccc6c6cc7c(cc65)c5ccccc5n5c6ccccc6nc75)c4)cc3)n2)cc1. The third kappa shape index (κ3) is 5.05. The molecule has 0 amide bonds. The Morgan fingerprint density at radius 2 is 0.828 bits per heavy atom. The highest BCUT2D eigenvalue weighted by Gasteiger charge is 2.19. The molecule has 270 valence electrons. The Morgan fingerprint density at radius 1 is 0.293 bits per heavy atom. The summed E-state index contributed by atoms with van der Waals surface area (Å²) in [5.41, 5.74) is 12.7. The fourth-order valence-corrected chi connectivity index (χ4v) is 8.62. The highest BCUT2D eigenvalue weighted by molar-refractivity contribution is 6.21. The van der Waals surface area contributed by atoms with Crippen LogP contribution in [0.3, 0.4) is 0 Å². The number of fused-ring (bicyclic) bond motifs is 11. The predicted molar refractivity (Wildman–Crippen MR) is 237 cm³/mol. The maximum Gasteiger partial charge on any atom is 0.164 e. The van der Waals surface area contributed by atoms with Gasteiger partial charge in [0.15, 0.2) is 17.5 Å². The molecule has 0 unspecified atom stereocenters. The molecular formula is C52H32N6. The lowest BCUT2D eigenvalue weighted by atomic mass is 10.0. The summed E-state index contributed by atoms with van der Waals surface area (Å²) < 4.78 is 4.72. The molecule has 0 spiro atoms. The van der Waals surface area contributed by atoms with E-state index >= 15 is 0 Å². The van der Waals surface area contributed by atoms with Gasteiger partial charge in [-0.2, -0.15) is 0 Å². The van der Waals surface area contributed by atoms with Gasteiger partial charge in [-0.15, -0.1) is 0 Å². The zero-order chi connectivity index (χ0) is 38.2. The quantitative estimate of drug-likeness (QED) is 0.165. The van der Waals surface area contributed by atoms with Crippen LogP contribution in [0.2, 0.25) is 0 Å². The first-order valence-electron chi connectivity index (χ1n) is 19.5. The lowest BCUT2D eigenvalue weighted by molar-refractivity contribution is 1.07. The molecule has 0 aliphatic carbocycles. The van der Waals surface area contributed by atoms with Crippen molar-refractivity contribution in [3.63, 3.8) is 0 Å². The molecular weight excluding hydrogens is 709 g/mol. The van der Waals surface area contributed by atoms with Crippen LogP contribution in [0.25, 0.3) is 111 Å². The highest BCUT2D eigenvalue weighted by atomic mass is 15.0. The first-order valence-corrected chi connectivity index (χ1v) is 19.5. The van der Waals surface area contributed by atoms with E-state index in [9.17, 15) is 0 Å². The molecule has 12 rings (SSSR count). The Bertz CT molecular complexity index is 3490. The Labute approximate surface area is 333 Å². The number of benzene rings is 8. The van der Waals surface area contributed by atoms with E-state index in [4.69, 9.17) is 19.9 Å². The number of nitrogens with zero attached hydrogens (tertiary/aromatic N) is 6. The van der Waals surface area contributed by atoms with Crippen molar-refractivity contribution in [2.75, 3.05) is 0 Å². The van der Waals surface area contributed by atoms with Crippen LogP contribution in [0.4, 0.5) is 0 Å². The first kappa shape index (κ1) is 32.3. The first-order chi connectivity index (χ1) is 28.7. The zero-order valence-electron chi connectivity index (χ0n) is 31.2. The van der Waals surface area contributed by atoms with E-state index in [1.165, 1.54) is 21.5 Å². The van der Waals surface area contributed by atoms with E-state index in [0.29, 0.717) is 17.5 Å². The molecule has 0 aliphatic heterocycles. The Morgan fingerprint density at radius 3 is 1.52 bits per heavy atom. The number of rotatable bonds is 5. The average Bonchev–Trinajstić information content (AvgIpc) is 3.85. The molecule has 58 heavy (non-hydrogen) atoms. The third-order valence-corrected chi connectivity index (χ3v) is 11.3. The number of hydrogen-bond acceptors (Lipinski definition) is 4. The van der Waals surface area contributed by atoms with Crippen molar-refractivity contribution in [2.24, 2.45) is 0 Å². The van der Waals surface area contributed by atoms with Gasteiger partial charge in [0, 0.05) is 43.9 Å². The van der Waals surface area contributed by atoms with Gasteiger partial charge in [0.2, 0.25) is 0 Å². The standard InChI is InChI=1S/C52H32N6/c1-3-14-34(15-4-1)49-54-50(35-16-5-2-6-17-35)56-51(55-49)36-28-26-33(27-29-36)37-18-13-19-38(30-37)57-45-23-10-8-21-40(45)42-31-43-41(32-48(42)57)39-20-7-11-24-46(39)58-47-25-12-9-22-44(47)53-52(43)58/h1-32H. The van der Waals surface area contributed by atoms with Crippen molar-refractivity contribution >= 4 is 60.2 Å². The number of para-hydroxylation sites is 4. The summed E-state index contributed by atoms with van der Waals surface area (Å²) in [4.78, 5) is 20.0.